The SMILES string of the molecule is CCc1ccccc1NC(=O)C(=O)Nc1cc(C(F)(F)F)cc(C(F)(F)F)c1. The molecule has 2 amide bonds. The van der Waals surface area contributed by atoms with Crippen molar-refractivity contribution in [1.82, 2.24) is 0 Å². The highest BCUT2D eigenvalue weighted by Gasteiger charge is 2.37. The maximum atomic E-state index is 12.8. The number of alkyl halides is 6. The fraction of sp³-hybridized carbons (Fsp3) is 0.222. The number of amides is 2. The molecule has 0 aliphatic rings. The first kappa shape index (κ1) is 21.3. The molecule has 0 aromatic heterocycles. The zero-order chi connectivity index (χ0) is 21.1. The van der Waals surface area contributed by atoms with Crippen molar-refractivity contribution < 1.29 is 35.9 Å². The highest BCUT2D eigenvalue weighted by atomic mass is 19.4. The molecule has 2 aromatic rings. The first-order valence-electron chi connectivity index (χ1n) is 7.91. The predicted octanol–water partition coefficient (Wildman–Crippen LogP) is 4.86. The minimum Gasteiger partial charge on any atom is -0.318 e. The van der Waals surface area contributed by atoms with Crippen molar-refractivity contribution in [3.05, 3.63) is 59.2 Å². The van der Waals surface area contributed by atoms with Crippen molar-refractivity contribution in [3.63, 3.8) is 0 Å². The molecule has 0 radical (unpaired) electrons. The molecule has 2 N–H and O–H groups in total. The lowest BCUT2D eigenvalue weighted by Crippen LogP contribution is -2.29. The molecule has 4 nitrogen and oxygen atoms in total. The normalized spacial score (nSPS) is 11.8. The molecular formula is C18H14F6N2O2. The Morgan fingerprint density at radius 2 is 1.32 bits per heavy atom. The molecular weight excluding hydrogens is 390 g/mol. The van der Waals surface area contributed by atoms with Gasteiger partial charge in [-0.05, 0) is 36.2 Å². The van der Waals surface area contributed by atoms with Crippen LogP contribution in [0.15, 0.2) is 42.5 Å². The van der Waals surface area contributed by atoms with Gasteiger partial charge in [0.05, 0.1) is 11.1 Å². The Hall–Kier alpha value is -3.04. The van der Waals surface area contributed by atoms with E-state index in [-0.39, 0.29) is 6.07 Å². The van der Waals surface area contributed by atoms with E-state index in [4.69, 9.17) is 0 Å². The van der Waals surface area contributed by atoms with Crippen molar-refractivity contribution in [1.29, 1.82) is 0 Å². The van der Waals surface area contributed by atoms with Gasteiger partial charge in [-0.15, -0.1) is 0 Å². The molecule has 0 unspecified atom stereocenters. The monoisotopic (exact) mass is 404 g/mol. The van der Waals surface area contributed by atoms with Crippen LogP contribution in [-0.4, -0.2) is 11.8 Å². The minimum absolute atomic E-state index is 0.0762. The maximum Gasteiger partial charge on any atom is 0.416 e. The Labute approximate surface area is 155 Å². The van der Waals surface area contributed by atoms with E-state index < -0.39 is 41.0 Å². The van der Waals surface area contributed by atoms with Crippen LogP contribution in [0.3, 0.4) is 0 Å². The summed E-state index contributed by atoms with van der Waals surface area (Å²) in [6, 6.07) is 7.06. The highest BCUT2D eigenvalue weighted by molar-refractivity contribution is 6.43. The molecule has 0 fully saturated rings. The van der Waals surface area contributed by atoms with Crippen molar-refractivity contribution in [2.24, 2.45) is 0 Å². The number of carbonyl (C=O) groups excluding carboxylic acids is 2. The summed E-state index contributed by atoms with van der Waals surface area (Å²) in [5.74, 6) is -2.63. The third-order valence-corrected chi connectivity index (χ3v) is 3.70. The second-order valence-electron chi connectivity index (χ2n) is 5.71. The summed E-state index contributed by atoms with van der Waals surface area (Å²) in [5.41, 5.74) is -3.00. The van der Waals surface area contributed by atoms with E-state index in [0.29, 0.717) is 29.8 Å². The highest BCUT2D eigenvalue weighted by Crippen LogP contribution is 2.37. The quantitative estimate of drug-likeness (QED) is 0.567. The van der Waals surface area contributed by atoms with Crippen LogP contribution in [-0.2, 0) is 28.4 Å². The fourth-order valence-electron chi connectivity index (χ4n) is 2.34. The largest absolute Gasteiger partial charge is 0.416 e. The van der Waals surface area contributed by atoms with Crippen molar-refractivity contribution in [2.45, 2.75) is 25.7 Å². The molecule has 0 bridgehead atoms. The summed E-state index contributed by atoms with van der Waals surface area (Å²) in [7, 11) is 0. The van der Waals surface area contributed by atoms with Gasteiger partial charge in [-0.3, -0.25) is 9.59 Å². The number of rotatable bonds is 3. The molecule has 0 spiro atoms. The summed E-state index contributed by atoms with van der Waals surface area (Å²) < 4.78 is 77.1. The smallest absolute Gasteiger partial charge is 0.318 e. The Morgan fingerprint density at radius 3 is 1.82 bits per heavy atom. The second kappa shape index (κ2) is 7.91. The summed E-state index contributed by atoms with van der Waals surface area (Å²) in [4.78, 5) is 23.9. The van der Waals surface area contributed by atoms with Gasteiger partial charge in [0.25, 0.3) is 0 Å². The van der Waals surface area contributed by atoms with Gasteiger partial charge >= 0.3 is 24.2 Å². The van der Waals surface area contributed by atoms with Gasteiger partial charge < -0.3 is 10.6 Å². The summed E-state index contributed by atoms with van der Waals surface area (Å²) in [5, 5.41) is 4.05. The number of benzene rings is 2. The Balaban J connectivity index is 2.26. The van der Waals surface area contributed by atoms with E-state index in [9.17, 15) is 35.9 Å². The third-order valence-electron chi connectivity index (χ3n) is 3.70. The Bertz CT molecular complexity index is 858. The Kier molecular flexibility index (Phi) is 6.01. The average molecular weight is 404 g/mol. The first-order valence-corrected chi connectivity index (χ1v) is 7.91. The molecule has 28 heavy (non-hydrogen) atoms. The molecule has 150 valence electrons. The van der Waals surface area contributed by atoms with Crippen LogP contribution in [0.1, 0.15) is 23.6 Å². The topological polar surface area (TPSA) is 58.2 Å². The van der Waals surface area contributed by atoms with E-state index in [1.54, 1.807) is 30.4 Å². The molecule has 2 rings (SSSR count). The maximum absolute atomic E-state index is 12.8. The standard InChI is InChI=1S/C18H14F6N2O2/c1-2-10-5-3-4-6-14(10)26-16(28)15(27)25-13-8-11(17(19,20)21)7-12(9-13)18(22,23)24/h3-9H,2H2,1H3,(H,25,27)(H,26,28). The van der Waals surface area contributed by atoms with E-state index in [1.165, 1.54) is 6.07 Å². The van der Waals surface area contributed by atoms with Crippen molar-refractivity contribution in [3.8, 4) is 0 Å². The lowest BCUT2D eigenvalue weighted by atomic mass is 10.1. The third kappa shape index (κ3) is 5.24. The van der Waals surface area contributed by atoms with E-state index in [2.05, 4.69) is 5.32 Å². The van der Waals surface area contributed by atoms with Crippen LogP contribution in [0.25, 0.3) is 0 Å². The number of para-hydroxylation sites is 1. The number of halogens is 6. The number of anilines is 2. The number of carbonyl (C=O) groups is 2. The van der Waals surface area contributed by atoms with E-state index >= 15 is 0 Å². The number of hydrogen-bond donors (Lipinski definition) is 2. The first-order chi connectivity index (χ1) is 12.9. The van der Waals surface area contributed by atoms with Crippen molar-refractivity contribution in [2.75, 3.05) is 10.6 Å². The molecule has 0 aliphatic carbocycles. The zero-order valence-electron chi connectivity index (χ0n) is 14.3. The minimum atomic E-state index is -5.07. The van der Waals surface area contributed by atoms with Crippen LogP contribution in [0.2, 0.25) is 0 Å². The van der Waals surface area contributed by atoms with Crippen LogP contribution < -0.4 is 10.6 Å². The van der Waals surface area contributed by atoms with Gasteiger partial charge in [0.15, 0.2) is 0 Å². The second-order valence-corrected chi connectivity index (χ2v) is 5.71. The molecule has 0 atom stereocenters. The van der Waals surface area contributed by atoms with Gasteiger partial charge in [-0.1, -0.05) is 25.1 Å². The van der Waals surface area contributed by atoms with Gasteiger partial charge in [0, 0.05) is 11.4 Å². The van der Waals surface area contributed by atoms with E-state index in [0.717, 1.165) is 0 Å². The van der Waals surface area contributed by atoms with Gasteiger partial charge in [-0.2, -0.15) is 26.3 Å². The van der Waals surface area contributed by atoms with Gasteiger partial charge in [0.2, 0.25) is 0 Å². The van der Waals surface area contributed by atoms with Gasteiger partial charge in [-0.25, -0.2) is 0 Å². The summed E-state index contributed by atoms with van der Waals surface area (Å²) in [6.45, 7) is 1.80. The van der Waals surface area contributed by atoms with Gasteiger partial charge in [0.1, 0.15) is 0 Å². The van der Waals surface area contributed by atoms with Crippen LogP contribution in [0.4, 0.5) is 37.7 Å². The summed E-state index contributed by atoms with van der Waals surface area (Å²) >= 11 is 0. The summed E-state index contributed by atoms with van der Waals surface area (Å²) in [6.07, 6.45) is -9.60. The number of aryl methyl sites for hydroxylation is 1. The van der Waals surface area contributed by atoms with Crippen LogP contribution >= 0.6 is 0 Å². The number of nitrogens with one attached hydrogen (secondary N) is 2. The fourth-order valence-corrected chi connectivity index (χ4v) is 2.34. The van der Waals surface area contributed by atoms with Crippen LogP contribution in [0.5, 0.6) is 0 Å². The number of hydrogen-bond acceptors (Lipinski definition) is 2. The zero-order valence-corrected chi connectivity index (χ0v) is 14.3. The van der Waals surface area contributed by atoms with E-state index in [1.807, 2.05) is 0 Å². The lowest BCUT2D eigenvalue weighted by Gasteiger charge is -2.15. The molecule has 0 heterocycles. The molecule has 0 aliphatic heterocycles. The molecule has 10 heteroatoms. The molecule has 0 saturated heterocycles. The molecule has 2 aromatic carbocycles. The van der Waals surface area contributed by atoms with Crippen molar-refractivity contribution >= 4 is 23.2 Å². The predicted molar refractivity (Wildman–Crippen MR) is 89.5 cm³/mol. The lowest BCUT2D eigenvalue weighted by molar-refractivity contribution is -0.143. The average Bonchev–Trinajstić information content (AvgIpc) is 2.60. The Morgan fingerprint density at radius 1 is 0.821 bits per heavy atom. The van der Waals surface area contributed by atoms with Crippen LogP contribution in [0, 0.1) is 0 Å². The molecule has 0 saturated carbocycles.